The number of ether oxygens (including phenoxy) is 1. The van der Waals surface area contributed by atoms with E-state index < -0.39 is 6.09 Å². The average molecular weight is 319 g/mol. The quantitative estimate of drug-likeness (QED) is 0.466. The Labute approximate surface area is 134 Å². The molecule has 0 aliphatic heterocycles. The van der Waals surface area contributed by atoms with Crippen molar-refractivity contribution < 1.29 is 19.7 Å². The van der Waals surface area contributed by atoms with Gasteiger partial charge in [-0.15, -0.1) is 0 Å². The van der Waals surface area contributed by atoms with Crippen LogP contribution in [0.5, 0.6) is 0 Å². The molecule has 124 valence electrons. The van der Waals surface area contributed by atoms with E-state index in [-0.39, 0.29) is 18.4 Å². The third kappa shape index (κ3) is 4.82. The molecule has 0 fully saturated rings. The van der Waals surface area contributed by atoms with E-state index in [1.807, 2.05) is 18.2 Å². The fourth-order valence-corrected chi connectivity index (χ4v) is 2.09. The minimum absolute atomic E-state index is 0.138. The molecule has 1 aliphatic rings. The monoisotopic (exact) mass is 319 g/mol. The second-order valence-corrected chi connectivity index (χ2v) is 4.95. The lowest BCUT2D eigenvalue weighted by Crippen LogP contribution is -2.44. The van der Waals surface area contributed by atoms with Crippen LogP contribution in [0.2, 0.25) is 0 Å². The maximum Gasteiger partial charge on any atom is 0.411 e. The topological polar surface area (TPSA) is 103 Å². The molecule has 7 nitrogen and oxygen atoms in total. The van der Waals surface area contributed by atoms with Gasteiger partial charge in [0, 0.05) is 17.8 Å². The predicted octanol–water partition coefficient (Wildman–Crippen LogP) is 1.59. The zero-order valence-corrected chi connectivity index (χ0v) is 12.9. The summed E-state index contributed by atoms with van der Waals surface area (Å²) in [5.41, 5.74) is 8.19. The van der Waals surface area contributed by atoms with Gasteiger partial charge in [0.25, 0.3) is 0 Å². The van der Waals surface area contributed by atoms with Gasteiger partial charge in [-0.3, -0.25) is 10.7 Å². The standard InChI is InChI=1S/C16H21N3O4/c1-2-23-16(22)18-12-5-3-4-11(8-12)9-17-19-14(10-20)13-6-7-15(13)21/h3-8,14,17,19-21H,2,9-10H2,1H3,(H,18,22)/t14-/m1/s1. The number of aliphatic hydroxyl groups is 2. The Morgan fingerprint density at radius 2 is 2.17 bits per heavy atom. The summed E-state index contributed by atoms with van der Waals surface area (Å²) in [6.07, 6.45) is 2.83. The maximum atomic E-state index is 11.4. The molecular weight excluding hydrogens is 298 g/mol. The Morgan fingerprint density at radius 3 is 2.78 bits per heavy atom. The molecule has 1 aliphatic carbocycles. The van der Waals surface area contributed by atoms with Crippen molar-refractivity contribution in [3.05, 3.63) is 53.3 Å². The van der Waals surface area contributed by atoms with Crippen LogP contribution in [-0.2, 0) is 11.3 Å². The molecule has 0 bridgehead atoms. The van der Waals surface area contributed by atoms with Gasteiger partial charge >= 0.3 is 6.09 Å². The molecule has 0 saturated carbocycles. The zero-order chi connectivity index (χ0) is 16.7. The van der Waals surface area contributed by atoms with Crippen LogP contribution in [0.1, 0.15) is 12.5 Å². The summed E-state index contributed by atoms with van der Waals surface area (Å²) in [5.74, 6) is 0.180. The molecule has 0 saturated heterocycles. The first kappa shape index (κ1) is 17.0. The van der Waals surface area contributed by atoms with Crippen LogP contribution in [-0.4, -0.2) is 35.6 Å². The molecule has 0 unspecified atom stereocenters. The number of hydrogen-bond donors (Lipinski definition) is 5. The summed E-state index contributed by atoms with van der Waals surface area (Å²) in [4.78, 5) is 11.4. The number of amides is 1. The minimum atomic E-state index is -0.490. The third-order valence-electron chi connectivity index (χ3n) is 3.29. The fourth-order valence-electron chi connectivity index (χ4n) is 2.09. The summed E-state index contributed by atoms with van der Waals surface area (Å²) in [7, 11) is 0. The van der Waals surface area contributed by atoms with Gasteiger partial charge < -0.3 is 14.9 Å². The molecule has 7 heteroatoms. The minimum Gasteiger partial charge on any atom is -0.508 e. The summed E-state index contributed by atoms with van der Waals surface area (Å²) < 4.78 is 4.83. The molecule has 23 heavy (non-hydrogen) atoms. The highest BCUT2D eigenvalue weighted by atomic mass is 16.5. The van der Waals surface area contributed by atoms with E-state index in [1.165, 1.54) is 0 Å². The van der Waals surface area contributed by atoms with Crippen molar-refractivity contribution in [2.24, 2.45) is 0 Å². The number of nitrogens with one attached hydrogen (secondary N) is 3. The number of anilines is 1. The Morgan fingerprint density at radius 1 is 1.35 bits per heavy atom. The molecular formula is C16H21N3O4. The van der Waals surface area contributed by atoms with Crippen molar-refractivity contribution in [3.8, 4) is 0 Å². The van der Waals surface area contributed by atoms with Gasteiger partial charge in [0.1, 0.15) is 5.76 Å². The molecule has 0 spiro atoms. The summed E-state index contributed by atoms with van der Waals surface area (Å²) >= 11 is 0. The van der Waals surface area contributed by atoms with Crippen molar-refractivity contribution in [1.29, 1.82) is 0 Å². The molecule has 1 aromatic carbocycles. The Balaban J connectivity index is 1.82. The van der Waals surface area contributed by atoms with Crippen molar-refractivity contribution in [2.45, 2.75) is 19.5 Å². The number of carbonyl (C=O) groups is 1. The van der Waals surface area contributed by atoms with Crippen molar-refractivity contribution in [1.82, 2.24) is 10.9 Å². The van der Waals surface area contributed by atoms with Gasteiger partial charge in [0.15, 0.2) is 0 Å². The van der Waals surface area contributed by atoms with Gasteiger partial charge in [-0.2, -0.15) is 0 Å². The number of allylic oxidation sites excluding steroid dienone is 2. The highest BCUT2D eigenvalue weighted by Gasteiger charge is 2.20. The van der Waals surface area contributed by atoms with E-state index in [4.69, 9.17) is 4.74 Å². The smallest absolute Gasteiger partial charge is 0.411 e. The Hall–Kier alpha value is -2.35. The van der Waals surface area contributed by atoms with Crippen LogP contribution < -0.4 is 16.2 Å². The number of rotatable bonds is 8. The molecule has 1 atom stereocenters. The van der Waals surface area contributed by atoms with Gasteiger partial charge in [-0.1, -0.05) is 12.1 Å². The number of benzene rings is 1. The van der Waals surface area contributed by atoms with Crippen molar-refractivity contribution in [2.75, 3.05) is 18.5 Å². The molecule has 0 heterocycles. The lowest BCUT2D eigenvalue weighted by atomic mass is 9.99. The van der Waals surface area contributed by atoms with Crippen LogP contribution in [0.3, 0.4) is 0 Å². The lowest BCUT2D eigenvalue weighted by Gasteiger charge is -2.23. The van der Waals surface area contributed by atoms with Crippen molar-refractivity contribution in [3.63, 3.8) is 0 Å². The van der Waals surface area contributed by atoms with Crippen LogP contribution in [0.25, 0.3) is 0 Å². The second-order valence-electron chi connectivity index (χ2n) is 4.95. The molecule has 0 radical (unpaired) electrons. The van der Waals surface area contributed by atoms with Gasteiger partial charge in [0.05, 0.1) is 19.3 Å². The molecule has 1 aromatic rings. The Kier molecular flexibility index (Phi) is 6.16. The number of hydrazine groups is 1. The van der Waals surface area contributed by atoms with E-state index in [1.54, 1.807) is 25.1 Å². The first-order valence-electron chi connectivity index (χ1n) is 7.37. The third-order valence-corrected chi connectivity index (χ3v) is 3.29. The van der Waals surface area contributed by atoms with Crippen LogP contribution >= 0.6 is 0 Å². The van der Waals surface area contributed by atoms with Gasteiger partial charge in [-0.05, 0) is 36.8 Å². The lowest BCUT2D eigenvalue weighted by molar-refractivity contribution is 0.168. The number of aliphatic hydroxyl groups excluding tert-OH is 2. The Bertz CT molecular complexity index is 613. The van der Waals surface area contributed by atoms with Gasteiger partial charge in [-0.25, -0.2) is 10.2 Å². The van der Waals surface area contributed by atoms with Crippen LogP contribution in [0.15, 0.2) is 47.7 Å². The van der Waals surface area contributed by atoms with Crippen LogP contribution in [0.4, 0.5) is 10.5 Å². The number of carbonyl (C=O) groups excluding carboxylic acids is 1. The molecule has 1 amide bonds. The van der Waals surface area contributed by atoms with Crippen molar-refractivity contribution >= 4 is 11.8 Å². The maximum absolute atomic E-state index is 11.4. The summed E-state index contributed by atoms with van der Waals surface area (Å²) in [6, 6.07) is 6.94. The first-order valence-corrected chi connectivity index (χ1v) is 7.37. The van der Waals surface area contributed by atoms with Gasteiger partial charge in [0.2, 0.25) is 0 Å². The molecule has 2 rings (SSSR count). The second kappa shape index (κ2) is 8.33. The van der Waals surface area contributed by atoms with E-state index in [0.717, 1.165) is 5.56 Å². The molecule has 5 N–H and O–H groups in total. The summed E-state index contributed by atoms with van der Waals surface area (Å²) in [6.45, 7) is 2.40. The normalized spacial score (nSPS) is 14.3. The number of hydrogen-bond acceptors (Lipinski definition) is 6. The van der Waals surface area contributed by atoms with Crippen LogP contribution in [0, 0.1) is 0 Å². The van der Waals surface area contributed by atoms with E-state index in [2.05, 4.69) is 16.2 Å². The SMILES string of the molecule is CCOC(=O)Nc1cccc(CNN[C@H](CO)C2=CC=C2O)c1. The molecule has 0 aromatic heterocycles. The van der Waals surface area contributed by atoms with E-state index in [0.29, 0.717) is 24.4 Å². The first-order chi connectivity index (χ1) is 11.1. The van der Waals surface area contributed by atoms with E-state index >= 15 is 0 Å². The highest BCUT2D eigenvalue weighted by molar-refractivity contribution is 5.84. The predicted molar refractivity (Wildman–Crippen MR) is 86.7 cm³/mol. The average Bonchev–Trinajstić information content (AvgIpc) is 2.53. The van der Waals surface area contributed by atoms with E-state index in [9.17, 15) is 15.0 Å². The summed E-state index contributed by atoms with van der Waals surface area (Å²) in [5, 5.41) is 21.4. The fraction of sp³-hybridized carbons (Fsp3) is 0.312. The highest BCUT2D eigenvalue weighted by Crippen LogP contribution is 2.19. The zero-order valence-electron chi connectivity index (χ0n) is 12.9. The largest absolute Gasteiger partial charge is 0.508 e.